The van der Waals surface area contributed by atoms with Crippen LogP contribution in [-0.4, -0.2) is 29.4 Å². The van der Waals surface area contributed by atoms with E-state index in [2.05, 4.69) is 15.5 Å². The van der Waals surface area contributed by atoms with E-state index in [0.717, 1.165) is 36.2 Å². The van der Waals surface area contributed by atoms with Gasteiger partial charge >= 0.3 is 0 Å². The highest BCUT2D eigenvalue weighted by Gasteiger charge is 2.15. The third kappa shape index (κ3) is 1.76. The van der Waals surface area contributed by atoms with Gasteiger partial charge in [-0.2, -0.15) is 5.10 Å². The van der Waals surface area contributed by atoms with E-state index in [4.69, 9.17) is 4.74 Å². The molecular weight excluding hydrogens is 202 g/mol. The predicted molar refractivity (Wildman–Crippen MR) is 62.6 cm³/mol. The van der Waals surface area contributed by atoms with Crippen molar-refractivity contribution in [2.75, 3.05) is 13.1 Å². The van der Waals surface area contributed by atoms with Gasteiger partial charge < -0.3 is 10.1 Å². The van der Waals surface area contributed by atoms with Gasteiger partial charge in [-0.15, -0.1) is 0 Å². The smallest absolute Gasteiger partial charge is 0.130 e. The van der Waals surface area contributed by atoms with Crippen molar-refractivity contribution in [1.82, 2.24) is 15.5 Å². The molecule has 0 radical (unpaired) electrons. The zero-order valence-electron chi connectivity index (χ0n) is 9.07. The summed E-state index contributed by atoms with van der Waals surface area (Å²) in [7, 11) is 0. The lowest BCUT2D eigenvalue weighted by molar-refractivity contribution is 0.169. The van der Waals surface area contributed by atoms with Gasteiger partial charge in [0.25, 0.3) is 0 Å². The van der Waals surface area contributed by atoms with Gasteiger partial charge in [0, 0.05) is 6.54 Å². The van der Waals surface area contributed by atoms with Gasteiger partial charge in [0.2, 0.25) is 0 Å². The summed E-state index contributed by atoms with van der Waals surface area (Å²) >= 11 is 0. The van der Waals surface area contributed by atoms with Crippen LogP contribution >= 0.6 is 0 Å². The molecule has 1 unspecified atom stereocenters. The fourth-order valence-corrected chi connectivity index (χ4v) is 2.14. The number of piperidine rings is 1. The Balaban J connectivity index is 1.85. The zero-order chi connectivity index (χ0) is 10.8. The Morgan fingerprint density at radius 2 is 2.38 bits per heavy atom. The number of ether oxygens (including phenoxy) is 1. The van der Waals surface area contributed by atoms with Crippen LogP contribution in [0.5, 0.6) is 5.75 Å². The summed E-state index contributed by atoms with van der Waals surface area (Å²) in [6, 6.07) is 6.01. The van der Waals surface area contributed by atoms with Crippen molar-refractivity contribution in [1.29, 1.82) is 0 Å². The van der Waals surface area contributed by atoms with E-state index in [9.17, 15) is 0 Å². The van der Waals surface area contributed by atoms with Gasteiger partial charge in [0.1, 0.15) is 11.9 Å². The van der Waals surface area contributed by atoms with Gasteiger partial charge in [0.15, 0.2) is 0 Å². The van der Waals surface area contributed by atoms with Crippen LogP contribution in [0, 0.1) is 0 Å². The maximum atomic E-state index is 6.00. The second-order valence-electron chi connectivity index (χ2n) is 4.17. The van der Waals surface area contributed by atoms with E-state index in [1.165, 1.54) is 6.42 Å². The number of hydrogen-bond acceptors (Lipinski definition) is 3. The lowest BCUT2D eigenvalue weighted by Gasteiger charge is -2.24. The minimum atomic E-state index is 0.286. The normalized spacial score (nSPS) is 21.1. The SMILES string of the molecule is c1cc(OC2CCCNC2)c2cn[nH]c2c1. The molecule has 1 atom stereocenters. The summed E-state index contributed by atoms with van der Waals surface area (Å²) in [5.41, 5.74) is 1.03. The topological polar surface area (TPSA) is 49.9 Å². The lowest BCUT2D eigenvalue weighted by Crippen LogP contribution is -2.37. The average molecular weight is 217 g/mol. The lowest BCUT2D eigenvalue weighted by atomic mass is 10.1. The molecule has 1 aliphatic heterocycles. The highest BCUT2D eigenvalue weighted by atomic mass is 16.5. The molecule has 3 rings (SSSR count). The molecule has 0 saturated carbocycles. The molecule has 2 heterocycles. The number of nitrogens with one attached hydrogen (secondary N) is 2. The minimum Gasteiger partial charge on any atom is -0.488 e. The van der Waals surface area contributed by atoms with Crippen molar-refractivity contribution in [2.24, 2.45) is 0 Å². The molecule has 1 aromatic carbocycles. The van der Waals surface area contributed by atoms with Crippen LogP contribution in [-0.2, 0) is 0 Å². The molecule has 0 amide bonds. The van der Waals surface area contributed by atoms with Crippen LogP contribution in [0.15, 0.2) is 24.4 Å². The number of H-pyrrole nitrogens is 1. The summed E-state index contributed by atoms with van der Waals surface area (Å²) in [6.07, 6.45) is 4.42. The average Bonchev–Trinajstić information content (AvgIpc) is 2.80. The van der Waals surface area contributed by atoms with Gasteiger partial charge in [-0.3, -0.25) is 5.10 Å². The first-order valence-corrected chi connectivity index (χ1v) is 5.73. The Morgan fingerprint density at radius 1 is 1.38 bits per heavy atom. The monoisotopic (exact) mass is 217 g/mol. The van der Waals surface area contributed by atoms with E-state index in [-0.39, 0.29) is 6.10 Å². The van der Waals surface area contributed by atoms with E-state index in [0.29, 0.717) is 0 Å². The molecule has 2 N–H and O–H groups in total. The maximum Gasteiger partial charge on any atom is 0.130 e. The first kappa shape index (κ1) is 9.66. The molecule has 1 saturated heterocycles. The minimum absolute atomic E-state index is 0.286. The fraction of sp³-hybridized carbons (Fsp3) is 0.417. The zero-order valence-corrected chi connectivity index (χ0v) is 9.07. The number of aromatic nitrogens is 2. The first-order valence-electron chi connectivity index (χ1n) is 5.73. The van der Waals surface area contributed by atoms with Gasteiger partial charge in [-0.05, 0) is 31.5 Å². The van der Waals surface area contributed by atoms with E-state index in [1.807, 2.05) is 24.4 Å². The van der Waals surface area contributed by atoms with Gasteiger partial charge in [-0.1, -0.05) is 6.07 Å². The van der Waals surface area contributed by atoms with Crippen molar-refractivity contribution in [3.63, 3.8) is 0 Å². The van der Waals surface area contributed by atoms with E-state index in [1.54, 1.807) is 0 Å². The van der Waals surface area contributed by atoms with Crippen LogP contribution in [0.1, 0.15) is 12.8 Å². The van der Waals surface area contributed by atoms with Gasteiger partial charge in [-0.25, -0.2) is 0 Å². The highest BCUT2D eigenvalue weighted by molar-refractivity contribution is 5.84. The molecule has 1 fully saturated rings. The number of fused-ring (bicyclic) bond motifs is 1. The van der Waals surface area contributed by atoms with Gasteiger partial charge in [0.05, 0.1) is 17.1 Å². The molecule has 0 spiro atoms. The van der Waals surface area contributed by atoms with Crippen molar-refractivity contribution in [2.45, 2.75) is 18.9 Å². The van der Waals surface area contributed by atoms with Crippen LogP contribution < -0.4 is 10.1 Å². The van der Waals surface area contributed by atoms with Crippen molar-refractivity contribution >= 4 is 10.9 Å². The molecule has 0 bridgehead atoms. The molecule has 1 aromatic heterocycles. The quantitative estimate of drug-likeness (QED) is 0.805. The number of aromatic amines is 1. The summed E-state index contributed by atoms with van der Waals surface area (Å²) < 4.78 is 6.00. The fourth-order valence-electron chi connectivity index (χ4n) is 2.14. The van der Waals surface area contributed by atoms with Crippen LogP contribution in [0.2, 0.25) is 0 Å². The van der Waals surface area contributed by atoms with Crippen molar-refractivity contribution in [3.8, 4) is 5.75 Å². The summed E-state index contributed by atoms with van der Waals surface area (Å²) in [5.74, 6) is 0.931. The summed E-state index contributed by atoms with van der Waals surface area (Å²) in [4.78, 5) is 0. The Bertz CT molecular complexity index is 474. The third-order valence-electron chi connectivity index (χ3n) is 2.99. The number of hydrogen-bond donors (Lipinski definition) is 2. The molecule has 4 heteroatoms. The maximum absolute atomic E-state index is 6.00. The Kier molecular flexibility index (Phi) is 2.50. The Hall–Kier alpha value is -1.55. The summed E-state index contributed by atoms with van der Waals surface area (Å²) in [5, 5.41) is 11.4. The molecule has 16 heavy (non-hydrogen) atoms. The van der Waals surface area contributed by atoms with Crippen molar-refractivity contribution < 1.29 is 4.74 Å². The summed E-state index contributed by atoms with van der Waals surface area (Å²) in [6.45, 7) is 2.05. The molecular formula is C12H15N3O. The number of nitrogens with zero attached hydrogens (tertiary/aromatic N) is 1. The molecule has 2 aromatic rings. The van der Waals surface area contributed by atoms with Crippen molar-refractivity contribution in [3.05, 3.63) is 24.4 Å². The third-order valence-corrected chi connectivity index (χ3v) is 2.99. The Labute approximate surface area is 94.0 Å². The van der Waals surface area contributed by atoms with Crippen LogP contribution in [0.3, 0.4) is 0 Å². The predicted octanol–water partition coefficient (Wildman–Crippen LogP) is 1.69. The standard InChI is InChI=1S/C12H15N3O/c1-4-11-10(8-14-15-11)12(5-1)16-9-3-2-6-13-7-9/h1,4-5,8-9,13H,2-3,6-7H2,(H,14,15). The largest absolute Gasteiger partial charge is 0.488 e. The number of benzene rings is 1. The molecule has 1 aliphatic rings. The number of rotatable bonds is 2. The second kappa shape index (κ2) is 4.14. The molecule has 4 nitrogen and oxygen atoms in total. The van der Waals surface area contributed by atoms with Crippen LogP contribution in [0.4, 0.5) is 0 Å². The van der Waals surface area contributed by atoms with E-state index < -0.39 is 0 Å². The first-order chi connectivity index (χ1) is 7.93. The van der Waals surface area contributed by atoms with E-state index >= 15 is 0 Å². The molecule has 84 valence electrons. The highest BCUT2D eigenvalue weighted by Crippen LogP contribution is 2.25. The molecule has 0 aliphatic carbocycles. The Morgan fingerprint density at radius 3 is 3.25 bits per heavy atom. The van der Waals surface area contributed by atoms with Crippen LogP contribution in [0.25, 0.3) is 10.9 Å². The second-order valence-corrected chi connectivity index (χ2v) is 4.17.